The van der Waals surface area contributed by atoms with E-state index in [4.69, 9.17) is 0 Å². The summed E-state index contributed by atoms with van der Waals surface area (Å²) in [5.74, 6) is 0.366. The molecule has 0 radical (unpaired) electrons. The van der Waals surface area contributed by atoms with Crippen molar-refractivity contribution < 1.29 is 4.39 Å². The highest BCUT2D eigenvalue weighted by Gasteiger charge is 2.31. The molecular formula is C13H18FN. The van der Waals surface area contributed by atoms with Crippen LogP contribution in [0.25, 0.3) is 0 Å². The average molecular weight is 207 g/mol. The van der Waals surface area contributed by atoms with Crippen LogP contribution < -0.4 is 5.32 Å². The summed E-state index contributed by atoms with van der Waals surface area (Å²) < 4.78 is 13.7. The highest BCUT2D eigenvalue weighted by Crippen LogP contribution is 2.43. The van der Waals surface area contributed by atoms with Crippen molar-refractivity contribution in [1.29, 1.82) is 0 Å². The first kappa shape index (κ1) is 10.6. The van der Waals surface area contributed by atoms with E-state index < -0.39 is 0 Å². The second-order valence-electron chi connectivity index (χ2n) is 4.19. The van der Waals surface area contributed by atoms with E-state index in [1.807, 2.05) is 6.07 Å². The average Bonchev–Trinajstić information content (AvgIpc) is 2.59. The first-order valence-corrected chi connectivity index (χ1v) is 5.79. The van der Waals surface area contributed by atoms with Gasteiger partial charge in [-0.2, -0.15) is 0 Å². The topological polar surface area (TPSA) is 12.0 Å². The molecule has 1 aliphatic carbocycles. The van der Waals surface area contributed by atoms with Crippen LogP contribution in [0, 0.1) is 5.82 Å². The van der Waals surface area contributed by atoms with Gasteiger partial charge in [0, 0.05) is 6.04 Å². The fourth-order valence-electron chi connectivity index (χ4n) is 2.63. The Morgan fingerprint density at radius 2 is 2.20 bits per heavy atom. The lowest BCUT2D eigenvalue weighted by Crippen LogP contribution is -2.18. The van der Waals surface area contributed by atoms with E-state index >= 15 is 0 Å². The third-order valence-corrected chi connectivity index (χ3v) is 3.33. The standard InChI is InChI=1S/C13H18FN/c1-3-9-8-12(15-4-2)10-6-5-7-11(14)13(9)10/h5-7,9,12,15H,3-4,8H2,1-2H3. The molecule has 2 atom stereocenters. The molecule has 0 saturated carbocycles. The molecule has 0 amide bonds. The molecule has 0 heterocycles. The van der Waals surface area contributed by atoms with Gasteiger partial charge in [0.2, 0.25) is 0 Å². The van der Waals surface area contributed by atoms with Gasteiger partial charge in [0.15, 0.2) is 0 Å². The fourth-order valence-corrected chi connectivity index (χ4v) is 2.63. The van der Waals surface area contributed by atoms with Crippen molar-refractivity contribution >= 4 is 0 Å². The molecule has 1 aromatic rings. The molecular weight excluding hydrogens is 189 g/mol. The zero-order valence-corrected chi connectivity index (χ0v) is 9.39. The molecule has 2 heteroatoms. The third-order valence-electron chi connectivity index (χ3n) is 3.33. The van der Waals surface area contributed by atoms with Crippen LogP contribution >= 0.6 is 0 Å². The predicted molar refractivity (Wildman–Crippen MR) is 60.5 cm³/mol. The second-order valence-corrected chi connectivity index (χ2v) is 4.19. The minimum atomic E-state index is -0.0280. The molecule has 1 N–H and O–H groups in total. The number of halogens is 1. The number of hydrogen-bond acceptors (Lipinski definition) is 1. The molecule has 0 spiro atoms. The van der Waals surface area contributed by atoms with Crippen molar-refractivity contribution in [1.82, 2.24) is 5.32 Å². The summed E-state index contributed by atoms with van der Waals surface area (Å²) in [6.45, 7) is 5.17. The van der Waals surface area contributed by atoms with Crippen molar-refractivity contribution in [2.24, 2.45) is 0 Å². The van der Waals surface area contributed by atoms with E-state index in [1.165, 1.54) is 5.56 Å². The molecule has 2 unspecified atom stereocenters. The molecule has 2 rings (SSSR count). The largest absolute Gasteiger partial charge is 0.310 e. The first-order chi connectivity index (χ1) is 7.27. The summed E-state index contributed by atoms with van der Waals surface area (Å²) in [4.78, 5) is 0. The predicted octanol–water partition coefficient (Wildman–Crippen LogP) is 3.37. The minimum absolute atomic E-state index is 0.0280. The van der Waals surface area contributed by atoms with E-state index in [-0.39, 0.29) is 5.82 Å². The molecule has 0 fully saturated rings. The monoisotopic (exact) mass is 207 g/mol. The molecule has 0 aromatic heterocycles. The molecule has 15 heavy (non-hydrogen) atoms. The van der Waals surface area contributed by atoms with Crippen LogP contribution in [0.5, 0.6) is 0 Å². The van der Waals surface area contributed by atoms with Gasteiger partial charge in [0.25, 0.3) is 0 Å². The van der Waals surface area contributed by atoms with E-state index in [1.54, 1.807) is 6.07 Å². The molecule has 0 aliphatic heterocycles. The first-order valence-electron chi connectivity index (χ1n) is 5.79. The van der Waals surface area contributed by atoms with Gasteiger partial charge in [0.05, 0.1) is 0 Å². The fraction of sp³-hybridized carbons (Fsp3) is 0.538. The summed E-state index contributed by atoms with van der Waals surface area (Å²) in [6.07, 6.45) is 2.07. The SMILES string of the molecule is CCNC1CC(CC)c2c(F)cccc21. The Hall–Kier alpha value is -0.890. The maximum absolute atomic E-state index is 13.7. The number of rotatable bonds is 3. The van der Waals surface area contributed by atoms with Gasteiger partial charge in [-0.15, -0.1) is 0 Å². The smallest absolute Gasteiger partial charge is 0.127 e. The molecule has 1 aliphatic rings. The van der Waals surface area contributed by atoms with Gasteiger partial charge in [-0.3, -0.25) is 0 Å². The zero-order chi connectivity index (χ0) is 10.8. The summed E-state index contributed by atoms with van der Waals surface area (Å²) >= 11 is 0. The van der Waals surface area contributed by atoms with Crippen LogP contribution in [-0.2, 0) is 0 Å². The quantitative estimate of drug-likeness (QED) is 0.801. The van der Waals surface area contributed by atoms with Crippen LogP contribution in [0.3, 0.4) is 0 Å². The Morgan fingerprint density at radius 3 is 2.87 bits per heavy atom. The maximum atomic E-state index is 13.7. The number of nitrogens with one attached hydrogen (secondary N) is 1. The van der Waals surface area contributed by atoms with Crippen LogP contribution in [0.15, 0.2) is 18.2 Å². The third kappa shape index (κ3) is 1.78. The maximum Gasteiger partial charge on any atom is 0.127 e. The van der Waals surface area contributed by atoms with Crippen LogP contribution in [0.4, 0.5) is 4.39 Å². The Labute approximate surface area is 90.7 Å². The van der Waals surface area contributed by atoms with E-state index in [9.17, 15) is 4.39 Å². The van der Waals surface area contributed by atoms with Gasteiger partial charge in [-0.05, 0) is 42.5 Å². The molecule has 1 nitrogen and oxygen atoms in total. The molecule has 82 valence electrons. The van der Waals surface area contributed by atoms with E-state index in [2.05, 4.69) is 25.2 Å². The van der Waals surface area contributed by atoms with Crippen LogP contribution in [0.1, 0.15) is 49.8 Å². The van der Waals surface area contributed by atoms with Gasteiger partial charge in [-0.1, -0.05) is 26.0 Å². The van der Waals surface area contributed by atoms with Crippen molar-refractivity contribution in [2.45, 2.75) is 38.6 Å². The lowest BCUT2D eigenvalue weighted by Gasteiger charge is -2.11. The van der Waals surface area contributed by atoms with Crippen LogP contribution in [-0.4, -0.2) is 6.54 Å². The van der Waals surface area contributed by atoms with Gasteiger partial charge >= 0.3 is 0 Å². The lowest BCUT2D eigenvalue weighted by molar-refractivity contribution is 0.496. The van der Waals surface area contributed by atoms with Crippen molar-refractivity contribution in [3.8, 4) is 0 Å². The van der Waals surface area contributed by atoms with Crippen LogP contribution in [0.2, 0.25) is 0 Å². The highest BCUT2D eigenvalue weighted by atomic mass is 19.1. The summed E-state index contributed by atoms with van der Waals surface area (Å²) in [7, 11) is 0. The van der Waals surface area contributed by atoms with E-state index in [0.717, 1.165) is 24.9 Å². The summed E-state index contributed by atoms with van der Waals surface area (Å²) in [5, 5.41) is 3.43. The molecule has 1 aromatic carbocycles. The number of fused-ring (bicyclic) bond motifs is 1. The Morgan fingerprint density at radius 1 is 1.40 bits per heavy atom. The Kier molecular flexibility index (Phi) is 3.06. The van der Waals surface area contributed by atoms with Gasteiger partial charge in [0.1, 0.15) is 5.82 Å². The number of hydrogen-bond donors (Lipinski definition) is 1. The summed E-state index contributed by atoms with van der Waals surface area (Å²) in [6, 6.07) is 5.80. The van der Waals surface area contributed by atoms with Crippen molar-refractivity contribution in [3.05, 3.63) is 35.1 Å². The normalized spacial score (nSPS) is 24.2. The highest BCUT2D eigenvalue weighted by molar-refractivity contribution is 5.39. The Bertz CT molecular complexity index is 348. The molecule has 0 bridgehead atoms. The minimum Gasteiger partial charge on any atom is -0.310 e. The lowest BCUT2D eigenvalue weighted by atomic mass is 9.98. The summed E-state index contributed by atoms with van der Waals surface area (Å²) in [5.41, 5.74) is 2.12. The van der Waals surface area contributed by atoms with Gasteiger partial charge in [-0.25, -0.2) is 4.39 Å². The number of benzene rings is 1. The van der Waals surface area contributed by atoms with Crippen molar-refractivity contribution in [2.75, 3.05) is 6.54 Å². The zero-order valence-electron chi connectivity index (χ0n) is 9.39. The molecule has 0 saturated heterocycles. The van der Waals surface area contributed by atoms with Gasteiger partial charge < -0.3 is 5.32 Å². The van der Waals surface area contributed by atoms with Crippen molar-refractivity contribution in [3.63, 3.8) is 0 Å². The van der Waals surface area contributed by atoms with E-state index in [0.29, 0.717) is 12.0 Å². The Balaban J connectivity index is 2.38. The second kappa shape index (κ2) is 4.31.